The van der Waals surface area contributed by atoms with Gasteiger partial charge >= 0.3 is 0 Å². The Balaban J connectivity index is 2.07. The highest BCUT2D eigenvalue weighted by atomic mass is 35.5. The van der Waals surface area contributed by atoms with E-state index in [0.29, 0.717) is 17.9 Å². The Morgan fingerprint density at radius 3 is 2.00 bits per heavy atom. The van der Waals surface area contributed by atoms with Gasteiger partial charge in [0.1, 0.15) is 12.6 Å². The van der Waals surface area contributed by atoms with E-state index in [0.717, 1.165) is 9.87 Å². The highest BCUT2D eigenvalue weighted by molar-refractivity contribution is 7.92. The van der Waals surface area contributed by atoms with Crippen LogP contribution in [-0.2, 0) is 26.2 Å². The molecule has 0 aliphatic heterocycles. The molecule has 0 saturated heterocycles. The fraction of sp³-hybridized carbons (Fsp3) is 0.310. The molecule has 0 unspecified atom stereocenters. The van der Waals surface area contributed by atoms with Crippen LogP contribution in [0.4, 0.5) is 5.69 Å². The van der Waals surface area contributed by atoms with Crippen LogP contribution in [0.3, 0.4) is 0 Å². The van der Waals surface area contributed by atoms with Gasteiger partial charge in [0.15, 0.2) is 0 Å². The zero-order valence-corrected chi connectivity index (χ0v) is 25.6. The molecular weight excluding hydrogens is 593 g/mol. The molecule has 1 N–H and O–H groups in total. The SMILES string of the molecule is CC[C@@H](C)NC(=O)[C@H](CC)N(Cc1ccc(Cl)cc1)C(=O)CN(c1cc(Cl)cc(Cl)c1)S(=O)(=O)c1ccccc1. The van der Waals surface area contributed by atoms with Gasteiger partial charge in [-0.15, -0.1) is 0 Å². The minimum Gasteiger partial charge on any atom is -0.352 e. The second-order valence-corrected chi connectivity index (χ2v) is 12.5. The van der Waals surface area contributed by atoms with E-state index in [1.807, 2.05) is 13.8 Å². The third-order valence-corrected chi connectivity index (χ3v) is 8.87. The van der Waals surface area contributed by atoms with Crippen LogP contribution in [0.1, 0.15) is 39.2 Å². The summed E-state index contributed by atoms with van der Waals surface area (Å²) in [6.45, 7) is 5.11. The number of carbonyl (C=O) groups is 2. The summed E-state index contributed by atoms with van der Waals surface area (Å²) < 4.78 is 28.7. The van der Waals surface area contributed by atoms with Crippen molar-refractivity contribution < 1.29 is 18.0 Å². The summed E-state index contributed by atoms with van der Waals surface area (Å²) in [5.74, 6) is -0.890. The lowest BCUT2D eigenvalue weighted by Gasteiger charge is -2.33. The highest BCUT2D eigenvalue weighted by Crippen LogP contribution is 2.30. The first-order valence-electron chi connectivity index (χ1n) is 12.8. The third kappa shape index (κ3) is 8.13. The van der Waals surface area contributed by atoms with E-state index in [2.05, 4.69) is 5.32 Å². The van der Waals surface area contributed by atoms with E-state index in [1.54, 1.807) is 49.4 Å². The largest absolute Gasteiger partial charge is 0.352 e. The van der Waals surface area contributed by atoms with Gasteiger partial charge in [0.05, 0.1) is 10.6 Å². The first kappa shape index (κ1) is 31.7. The number of nitrogens with one attached hydrogen (secondary N) is 1. The Morgan fingerprint density at radius 1 is 0.850 bits per heavy atom. The molecule has 0 aromatic heterocycles. The third-order valence-electron chi connectivity index (χ3n) is 6.40. The summed E-state index contributed by atoms with van der Waals surface area (Å²) in [5, 5.41) is 3.89. The van der Waals surface area contributed by atoms with E-state index >= 15 is 0 Å². The Morgan fingerprint density at radius 2 is 1.45 bits per heavy atom. The number of halogens is 3. The second kappa shape index (κ2) is 14.2. The van der Waals surface area contributed by atoms with Crippen LogP contribution < -0.4 is 9.62 Å². The molecule has 2 amide bonds. The van der Waals surface area contributed by atoms with E-state index < -0.39 is 28.5 Å². The number of sulfonamides is 1. The van der Waals surface area contributed by atoms with Crippen LogP contribution in [0.5, 0.6) is 0 Å². The molecule has 40 heavy (non-hydrogen) atoms. The number of anilines is 1. The lowest BCUT2D eigenvalue weighted by atomic mass is 10.1. The number of hydrogen-bond acceptors (Lipinski definition) is 4. The minimum absolute atomic E-state index is 0.00953. The molecule has 3 aromatic carbocycles. The molecule has 0 radical (unpaired) electrons. The van der Waals surface area contributed by atoms with Crippen molar-refractivity contribution in [3.05, 3.63) is 93.4 Å². The van der Waals surface area contributed by atoms with Crippen LogP contribution in [0, 0.1) is 0 Å². The summed E-state index contributed by atoms with van der Waals surface area (Å²) in [6, 6.07) is 18.1. The number of benzene rings is 3. The van der Waals surface area contributed by atoms with Gasteiger partial charge in [-0.25, -0.2) is 8.42 Å². The van der Waals surface area contributed by atoms with Gasteiger partial charge in [0.2, 0.25) is 11.8 Å². The maximum absolute atomic E-state index is 14.1. The van der Waals surface area contributed by atoms with Crippen LogP contribution >= 0.6 is 34.8 Å². The number of hydrogen-bond donors (Lipinski definition) is 1. The summed E-state index contributed by atoms with van der Waals surface area (Å²) in [5.41, 5.74) is 0.856. The maximum atomic E-state index is 14.1. The van der Waals surface area contributed by atoms with Gasteiger partial charge in [-0.3, -0.25) is 13.9 Å². The predicted molar refractivity (Wildman–Crippen MR) is 161 cm³/mol. The van der Waals surface area contributed by atoms with E-state index in [9.17, 15) is 18.0 Å². The fourth-order valence-corrected chi connectivity index (χ4v) is 6.14. The van der Waals surface area contributed by atoms with Crippen LogP contribution in [0.25, 0.3) is 0 Å². The van der Waals surface area contributed by atoms with Crippen molar-refractivity contribution in [1.29, 1.82) is 0 Å². The molecule has 7 nitrogen and oxygen atoms in total. The molecule has 0 aliphatic rings. The molecule has 0 saturated carbocycles. The lowest BCUT2D eigenvalue weighted by molar-refractivity contribution is -0.140. The van der Waals surface area contributed by atoms with Crippen LogP contribution in [-0.4, -0.2) is 43.8 Å². The van der Waals surface area contributed by atoms with E-state index in [4.69, 9.17) is 34.8 Å². The van der Waals surface area contributed by atoms with Gasteiger partial charge in [0.25, 0.3) is 10.0 Å². The molecule has 11 heteroatoms. The topological polar surface area (TPSA) is 86.8 Å². The van der Waals surface area contributed by atoms with Crippen LogP contribution in [0.15, 0.2) is 77.7 Å². The summed E-state index contributed by atoms with van der Waals surface area (Å²) in [4.78, 5) is 28.8. The van der Waals surface area contributed by atoms with Crippen molar-refractivity contribution in [2.45, 2.75) is 57.1 Å². The van der Waals surface area contributed by atoms with E-state index in [1.165, 1.54) is 35.2 Å². The first-order chi connectivity index (χ1) is 19.0. The number of rotatable bonds is 12. The van der Waals surface area contributed by atoms with Crippen molar-refractivity contribution in [3.8, 4) is 0 Å². The maximum Gasteiger partial charge on any atom is 0.264 e. The number of amides is 2. The fourth-order valence-electron chi connectivity index (χ4n) is 4.08. The second-order valence-electron chi connectivity index (χ2n) is 9.34. The smallest absolute Gasteiger partial charge is 0.264 e. The molecule has 0 heterocycles. The quantitative estimate of drug-likeness (QED) is 0.247. The number of nitrogens with zero attached hydrogens (tertiary/aromatic N) is 2. The molecule has 214 valence electrons. The molecule has 0 fully saturated rings. The Hall–Kier alpha value is -2.78. The molecule has 0 spiro atoms. The first-order valence-corrected chi connectivity index (χ1v) is 15.4. The van der Waals surface area contributed by atoms with Crippen molar-refractivity contribution in [3.63, 3.8) is 0 Å². The molecule has 0 aliphatic carbocycles. The standard InChI is InChI=1S/C29H32Cl3N3O4S/c1-4-20(3)33-29(37)27(5-2)34(18-21-11-13-22(30)14-12-21)28(36)19-35(25-16-23(31)15-24(32)17-25)40(38,39)26-9-7-6-8-10-26/h6-17,20,27H,4-5,18-19H2,1-3H3,(H,33,37)/t20-,27+/m1/s1. The van der Waals surface area contributed by atoms with Gasteiger partial charge < -0.3 is 10.2 Å². The predicted octanol–water partition coefficient (Wildman–Crippen LogP) is 6.56. The zero-order valence-electron chi connectivity index (χ0n) is 22.5. The molecule has 3 rings (SSSR count). The Kier molecular flexibility index (Phi) is 11.3. The monoisotopic (exact) mass is 623 g/mol. The van der Waals surface area contributed by atoms with Crippen LogP contribution in [0.2, 0.25) is 15.1 Å². The molecule has 3 aromatic rings. The van der Waals surface area contributed by atoms with Crippen molar-refractivity contribution >= 4 is 62.3 Å². The highest BCUT2D eigenvalue weighted by Gasteiger charge is 2.34. The molecule has 2 atom stereocenters. The summed E-state index contributed by atoms with van der Waals surface area (Å²) in [7, 11) is -4.22. The average Bonchev–Trinajstić information content (AvgIpc) is 2.92. The number of carbonyl (C=O) groups excluding carboxylic acids is 2. The lowest BCUT2D eigenvalue weighted by Crippen LogP contribution is -2.53. The van der Waals surface area contributed by atoms with Gasteiger partial charge in [-0.1, -0.05) is 79.0 Å². The van der Waals surface area contributed by atoms with Gasteiger partial charge in [-0.2, -0.15) is 0 Å². The summed E-state index contributed by atoms with van der Waals surface area (Å²) in [6.07, 6.45) is 1.03. The Labute approximate surface area is 251 Å². The van der Waals surface area contributed by atoms with Crippen molar-refractivity contribution in [1.82, 2.24) is 10.2 Å². The average molecular weight is 625 g/mol. The summed E-state index contributed by atoms with van der Waals surface area (Å²) >= 11 is 18.5. The van der Waals surface area contributed by atoms with Crippen molar-refractivity contribution in [2.24, 2.45) is 0 Å². The van der Waals surface area contributed by atoms with E-state index in [-0.39, 0.29) is 39.1 Å². The molecular formula is C29H32Cl3N3O4S. The van der Waals surface area contributed by atoms with Gasteiger partial charge in [-0.05, 0) is 67.8 Å². The normalized spacial score (nSPS) is 12.8. The zero-order chi connectivity index (χ0) is 29.4. The molecule has 0 bridgehead atoms. The van der Waals surface area contributed by atoms with Crippen molar-refractivity contribution in [2.75, 3.05) is 10.8 Å². The Bertz CT molecular complexity index is 1400. The minimum atomic E-state index is -4.22. The van der Waals surface area contributed by atoms with Gasteiger partial charge in [0, 0.05) is 27.7 Å².